The topological polar surface area (TPSA) is 37.8 Å². The lowest BCUT2D eigenvalue weighted by Crippen LogP contribution is -2.03. The predicted octanol–water partition coefficient (Wildman–Crippen LogP) is 4.54. The summed E-state index contributed by atoms with van der Waals surface area (Å²) in [6.07, 6.45) is 5.13. The highest BCUT2D eigenvalue weighted by atomic mass is 32.1. The van der Waals surface area contributed by atoms with E-state index in [0.717, 1.165) is 33.6 Å². The highest BCUT2D eigenvalue weighted by Gasteiger charge is 2.22. The van der Waals surface area contributed by atoms with E-state index in [1.54, 1.807) is 17.7 Å². The molecule has 0 amide bonds. The van der Waals surface area contributed by atoms with Crippen LogP contribution in [0.4, 0.5) is 5.82 Å². The summed E-state index contributed by atoms with van der Waals surface area (Å²) in [6, 6.07) is 7.09. The summed E-state index contributed by atoms with van der Waals surface area (Å²) in [5, 5.41) is 5.57. The summed E-state index contributed by atoms with van der Waals surface area (Å²) in [6.45, 7) is 4.27. The fourth-order valence-corrected chi connectivity index (χ4v) is 3.53. The van der Waals surface area contributed by atoms with Crippen molar-refractivity contribution in [3.63, 3.8) is 0 Å². The smallest absolute Gasteiger partial charge is 0.147 e. The van der Waals surface area contributed by atoms with Crippen LogP contribution in [0.3, 0.4) is 0 Å². The predicted molar refractivity (Wildman–Crippen MR) is 101 cm³/mol. The number of anilines is 1. The molecule has 0 atom stereocenters. The van der Waals surface area contributed by atoms with E-state index in [-0.39, 0.29) is 0 Å². The lowest BCUT2D eigenvalue weighted by molar-refractivity contribution is 1.11. The van der Waals surface area contributed by atoms with E-state index in [2.05, 4.69) is 64.6 Å². The molecule has 1 aromatic carbocycles. The van der Waals surface area contributed by atoms with Gasteiger partial charge in [-0.3, -0.25) is 0 Å². The highest BCUT2D eigenvalue weighted by Crippen LogP contribution is 2.32. The molecule has 3 aromatic rings. The lowest BCUT2D eigenvalue weighted by atomic mass is 10.0. The molecule has 120 valence electrons. The first kappa shape index (κ1) is 15.2. The van der Waals surface area contributed by atoms with Crippen molar-refractivity contribution in [2.75, 3.05) is 5.32 Å². The number of benzene rings is 1. The average molecular weight is 333 g/mol. The second-order valence-electron chi connectivity index (χ2n) is 6.22. The second kappa shape index (κ2) is 6.26. The highest BCUT2D eigenvalue weighted by molar-refractivity contribution is 7.18. The van der Waals surface area contributed by atoms with Crippen molar-refractivity contribution < 1.29 is 0 Å². The zero-order valence-electron chi connectivity index (χ0n) is 13.9. The van der Waals surface area contributed by atoms with Gasteiger partial charge in [0.2, 0.25) is 0 Å². The van der Waals surface area contributed by atoms with E-state index in [4.69, 9.17) is 0 Å². The van der Waals surface area contributed by atoms with Crippen molar-refractivity contribution in [1.29, 1.82) is 0 Å². The van der Waals surface area contributed by atoms with Gasteiger partial charge in [0.15, 0.2) is 0 Å². The summed E-state index contributed by atoms with van der Waals surface area (Å²) < 4.78 is 1.10. The number of rotatable bonds is 3. The molecular formula is C20H19N3S. The molecule has 4 heteroatoms. The molecule has 0 unspecified atom stereocenters. The second-order valence-corrected chi connectivity index (χ2v) is 7.10. The Bertz CT molecular complexity index is 958. The van der Waals surface area contributed by atoms with Crippen molar-refractivity contribution in [3.05, 3.63) is 52.2 Å². The van der Waals surface area contributed by atoms with Gasteiger partial charge in [-0.05, 0) is 43.4 Å². The molecule has 1 saturated carbocycles. The zero-order valence-corrected chi connectivity index (χ0v) is 14.7. The van der Waals surface area contributed by atoms with Crippen LogP contribution in [0.2, 0.25) is 0 Å². The van der Waals surface area contributed by atoms with Crippen molar-refractivity contribution in [2.24, 2.45) is 0 Å². The van der Waals surface area contributed by atoms with Gasteiger partial charge in [-0.1, -0.05) is 30.9 Å². The number of thiophene rings is 1. The van der Waals surface area contributed by atoms with Gasteiger partial charge in [0, 0.05) is 17.0 Å². The summed E-state index contributed by atoms with van der Waals surface area (Å²) in [7, 11) is 0. The molecule has 4 rings (SSSR count). The molecule has 1 fully saturated rings. The molecule has 0 aliphatic heterocycles. The van der Waals surface area contributed by atoms with Gasteiger partial charge in [-0.2, -0.15) is 0 Å². The van der Waals surface area contributed by atoms with Gasteiger partial charge >= 0.3 is 0 Å². The van der Waals surface area contributed by atoms with Crippen molar-refractivity contribution in [3.8, 4) is 11.8 Å². The zero-order chi connectivity index (χ0) is 16.5. The van der Waals surface area contributed by atoms with Crippen molar-refractivity contribution in [2.45, 2.75) is 39.2 Å². The normalized spacial score (nSPS) is 13.6. The van der Waals surface area contributed by atoms with E-state index in [9.17, 15) is 0 Å². The first-order valence-electron chi connectivity index (χ1n) is 8.35. The molecule has 0 saturated heterocycles. The average Bonchev–Trinajstić information content (AvgIpc) is 3.32. The number of aryl methyl sites for hydroxylation is 2. The minimum absolute atomic E-state index is 0.583. The molecule has 3 nitrogen and oxygen atoms in total. The third-order valence-electron chi connectivity index (χ3n) is 4.31. The maximum absolute atomic E-state index is 4.45. The van der Waals surface area contributed by atoms with Crippen LogP contribution >= 0.6 is 11.3 Å². The first-order chi connectivity index (χ1) is 11.7. The Morgan fingerprint density at radius 3 is 2.83 bits per heavy atom. The van der Waals surface area contributed by atoms with Gasteiger partial charge in [0.25, 0.3) is 0 Å². The number of hydrogen-bond acceptors (Lipinski definition) is 4. The maximum Gasteiger partial charge on any atom is 0.147 e. The molecule has 0 spiro atoms. The SMILES string of the molecule is CCc1ccc(C)c(C#Cc2csc3c(NC4CC4)ncnc23)c1. The van der Waals surface area contributed by atoms with Gasteiger partial charge in [0.1, 0.15) is 17.7 Å². The molecule has 1 aliphatic rings. The number of aromatic nitrogens is 2. The Morgan fingerprint density at radius 2 is 2.04 bits per heavy atom. The Morgan fingerprint density at radius 1 is 1.21 bits per heavy atom. The summed E-state index contributed by atoms with van der Waals surface area (Å²) in [4.78, 5) is 8.85. The van der Waals surface area contributed by atoms with Crippen LogP contribution in [0, 0.1) is 18.8 Å². The quantitative estimate of drug-likeness (QED) is 0.715. The molecular weight excluding hydrogens is 314 g/mol. The van der Waals surface area contributed by atoms with E-state index < -0.39 is 0 Å². The summed E-state index contributed by atoms with van der Waals surface area (Å²) in [5.74, 6) is 7.59. The monoisotopic (exact) mass is 333 g/mol. The molecule has 24 heavy (non-hydrogen) atoms. The van der Waals surface area contributed by atoms with E-state index in [1.807, 2.05) is 0 Å². The van der Waals surface area contributed by atoms with E-state index in [1.165, 1.54) is 24.0 Å². The van der Waals surface area contributed by atoms with E-state index in [0.29, 0.717) is 6.04 Å². The molecule has 2 heterocycles. The number of hydrogen-bond donors (Lipinski definition) is 1. The molecule has 0 bridgehead atoms. The van der Waals surface area contributed by atoms with Gasteiger partial charge in [0.05, 0.1) is 10.3 Å². The number of nitrogens with zero attached hydrogens (tertiary/aromatic N) is 2. The van der Waals surface area contributed by atoms with Crippen molar-refractivity contribution in [1.82, 2.24) is 9.97 Å². The minimum Gasteiger partial charge on any atom is -0.366 e. The van der Waals surface area contributed by atoms with Gasteiger partial charge in [-0.25, -0.2) is 9.97 Å². The standard InChI is InChI=1S/C20H19N3S/c1-3-14-5-4-13(2)15(10-14)6-7-16-11-24-19-18(16)21-12-22-20(19)23-17-8-9-17/h4-5,10-12,17H,3,8-9H2,1-2H3,(H,21,22,23). The fourth-order valence-electron chi connectivity index (χ4n) is 2.62. The van der Waals surface area contributed by atoms with Crippen LogP contribution in [0.15, 0.2) is 29.9 Å². The molecule has 2 aromatic heterocycles. The molecule has 1 N–H and O–H groups in total. The summed E-state index contributed by atoms with van der Waals surface area (Å²) >= 11 is 1.67. The van der Waals surface area contributed by atoms with Gasteiger partial charge < -0.3 is 5.32 Å². The maximum atomic E-state index is 4.45. The Kier molecular flexibility index (Phi) is 3.95. The Labute approximate surface area is 146 Å². The van der Waals surface area contributed by atoms with Crippen LogP contribution < -0.4 is 5.32 Å². The third kappa shape index (κ3) is 3.00. The van der Waals surface area contributed by atoms with Crippen LogP contribution in [0.5, 0.6) is 0 Å². The van der Waals surface area contributed by atoms with Crippen LogP contribution in [-0.2, 0) is 6.42 Å². The lowest BCUT2D eigenvalue weighted by Gasteiger charge is -2.03. The van der Waals surface area contributed by atoms with Crippen molar-refractivity contribution >= 4 is 27.4 Å². The fraction of sp³-hybridized carbons (Fsp3) is 0.300. The van der Waals surface area contributed by atoms with Crippen LogP contribution in [-0.4, -0.2) is 16.0 Å². The number of fused-ring (bicyclic) bond motifs is 1. The molecule has 1 aliphatic carbocycles. The Hall–Kier alpha value is -2.38. The molecule has 0 radical (unpaired) electrons. The minimum atomic E-state index is 0.583. The first-order valence-corrected chi connectivity index (χ1v) is 9.23. The largest absolute Gasteiger partial charge is 0.366 e. The van der Waals surface area contributed by atoms with Gasteiger partial charge in [-0.15, -0.1) is 11.3 Å². The van der Waals surface area contributed by atoms with Crippen LogP contribution in [0.1, 0.15) is 42.0 Å². The van der Waals surface area contributed by atoms with E-state index >= 15 is 0 Å². The van der Waals surface area contributed by atoms with Crippen LogP contribution in [0.25, 0.3) is 10.2 Å². The summed E-state index contributed by atoms with van der Waals surface area (Å²) in [5.41, 5.74) is 5.56. The third-order valence-corrected chi connectivity index (χ3v) is 5.29. The Balaban J connectivity index is 1.71. The number of nitrogens with one attached hydrogen (secondary N) is 1.